The summed E-state index contributed by atoms with van der Waals surface area (Å²) in [4.78, 5) is 2.64. The van der Waals surface area contributed by atoms with Crippen molar-refractivity contribution in [3.8, 4) is 0 Å². The molecule has 2 rings (SSSR count). The van der Waals surface area contributed by atoms with Crippen molar-refractivity contribution in [2.24, 2.45) is 5.92 Å². The number of hydrogen-bond donors (Lipinski definition) is 1. The van der Waals surface area contributed by atoms with Crippen molar-refractivity contribution >= 4 is 0 Å². The molecule has 0 aliphatic carbocycles. The molecule has 2 heteroatoms. The molecule has 0 radical (unpaired) electrons. The molecule has 1 atom stereocenters. The minimum absolute atomic E-state index is 0.601. The molecule has 0 amide bonds. The molecule has 1 fully saturated rings. The van der Waals surface area contributed by atoms with Crippen LogP contribution in [0.2, 0.25) is 0 Å². The van der Waals surface area contributed by atoms with Crippen molar-refractivity contribution in [1.29, 1.82) is 0 Å². The van der Waals surface area contributed by atoms with E-state index >= 15 is 0 Å². The van der Waals surface area contributed by atoms with Crippen molar-refractivity contribution in [3.63, 3.8) is 0 Å². The number of likely N-dealkylation sites (tertiary alicyclic amines) is 1. The third kappa shape index (κ3) is 4.32. The molecular weight excluding hydrogens is 244 g/mol. The second kappa shape index (κ2) is 7.24. The van der Waals surface area contributed by atoms with E-state index in [1.54, 1.807) is 0 Å². The van der Waals surface area contributed by atoms with Crippen LogP contribution < -0.4 is 5.32 Å². The summed E-state index contributed by atoms with van der Waals surface area (Å²) >= 11 is 0. The maximum absolute atomic E-state index is 3.60. The Morgan fingerprint density at radius 1 is 1.25 bits per heavy atom. The van der Waals surface area contributed by atoms with Crippen molar-refractivity contribution in [2.75, 3.05) is 19.6 Å². The van der Waals surface area contributed by atoms with Crippen LogP contribution in [0.15, 0.2) is 18.2 Å². The maximum atomic E-state index is 3.60. The van der Waals surface area contributed by atoms with Gasteiger partial charge < -0.3 is 5.32 Å². The van der Waals surface area contributed by atoms with Gasteiger partial charge in [0, 0.05) is 19.1 Å². The smallest absolute Gasteiger partial charge is 0.0239 e. The van der Waals surface area contributed by atoms with Gasteiger partial charge in [0.2, 0.25) is 0 Å². The van der Waals surface area contributed by atoms with E-state index in [1.807, 2.05) is 0 Å². The predicted molar refractivity (Wildman–Crippen MR) is 87.1 cm³/mol. The molecule has 0 saturated carbocycles. The van der Waals surface area contributed by atoms with Crippen molar-refractivity contribution < 1.29 is 0 Å². The van der Waals surface area contributed by atoms with E-state index in [-0.39, 0.29) is 0 Å². The molecule has 0 bridgehead atoms. The largest absolute Gasteiger partial charge is 0.314 e. The van der Waals surface area contributed by atoms with Crippen LogP contribution in [0.5, 0.6) is 0 Å². The van der Waals surface area contributed by atoms with Gasteiger partial charge >= 0.3 is 0 Å². The van der Waals surface area contributed by atoms with Crippen molar-refractivity contribution in [1.82, 2.24) is 10.2 Å². The third-order valence-electron chi connectivity index (χ3n) is 4.44. The molecule has 20 heavy (non-hydrogen) atoms. The molecule has 1 heterocycles. The van der Waals surface area contributed by atoms with E-state index in [1.165, 1.54) is 49.2 Å². The van der Waals surface area contributed by atoms with Gasteiger partial charge in [-0.05, 0) is 62.4 Å². The average Bonchev–Trinajstić information content (AvgIpc) is 2.41. The van der Waals surface area contributed by atoms with E-state index < -0.39 is 0 Å². The van der Waals surface area contributed by atoms with Gasteiger partial charge in [-0.1, -0.05) is 32.0 Å². The molecule has 1 unspecified atom stereocenters. The summed E-state index contributed by atoms with van der Waals surface area (Å²) in [7, 11) is 0. The second-order valence-corrected chi connectivity index (χ2v) is 6.68. The van der Waals surface area contributed by atoms with Crippen molar-refractivity contribution in [2.45, 2.75) is 53.1 Å². The third-order valence-corrected chi connectivity index (χ3v) is 4.44. The highest BCUT2D eigenvalue weighted by atomic mass is 15.1. The number of rotatable bonds is 5. The molecule has 1 saturated heterocycles. The molecule has 1 aliphatic rings. The lowest BCUT2D eigenvalue weighted by molar-refractivity contribution is 0.163. The van der Waals surface area contributed by atoms with Crippen molar-refractivity contribution in [3.05, 3.63) is 34.9 Å². The summed E-state index contributed by atoms with van der Waals surface area (Å²) in [6, 6.07) is 7.25. The fraction of sp³-hybridized carbons (Fsp3) is 0.667. The first kappa shape index (κ1) is 15.5. The Labute approximate surface area is 124 Å². The Balaban J connectivity index is 1.92. The van der Waals surface area contributed by atoms with E-state index in [0.29, 0.717) is 6.04 Å². The zero-order chi connectivity index (χ0) is 14.5. The normalized spacial score (nSPS) is 20.6. The molecule has 1 aliphatic heterocycles. The van der Waals surface area contributed by atoms with Gasteiger partial charge in [0.15, 0.2) is 0 Å². The van der Waals surface area contributed by atoms with Gasteiger partial charge in [-0.25, -0.2) is 0 Å². The summed E-state index contributed by atoms with van der Waals surface area (Å²) < 4.78 is 0. The van der Waals surface area contributed by atoms with Gasteiger partial charge in [-0.2, -0.15) is 0 Å². The minimum atomic E-state index is 0.601. The van der Waals surface area contributed by atoms with Crippen LogP contribution in [-0.4, -0.2) is 30.6 Å². The Morgan fingerprint density at radius 3 is 2.60 bits per heavy atom. The SMILES string of the molecule is Cc1cccc(C)c1CN1CCCC(CNC(C)C)C1. The van der Waals surface area contributed by atoms with E-state index in [2.05, 4.69) is 56.1 Å². The molecular formula is C18H30N2. The Hall–Kier alpha value is -0.860. The predicted octanol–water partition coefficient (Wildman–Crippen LogP) is 3.51. The van der Waals surface area contributed by atoms with E-state index in [9.17, 15) is 0 Å². The molecule has 112 valence electrons. The Morgan fingerprint density at radius 2 is 1.95 bits per heavy atom. The molecule has 2 nitrogen and oxygen atoms in total. The zero-order valence-electron chi connectivity index (χ0n) is 13.6. The molecule has 0 spiro atoms. The summed E-state index contributed by atoms with van der Waals surface area (Å²) in [5, 5.41) is 3.60. The van der Waals surface area contributed by atoms with E-state index in [0.717, 1.165) is 12.5 Å². The zero-order valence-corrected chi connectivity index (χ0v) is 13.6. The summed E-state index contributed by atoms with van der Waals surface area (Å²) in [6.07, 6.45) is 2.72. The fourth-order valence-electron chi connectivity index (χ4n) is 3.19. The lowest BCUT2D eigenvalue weighted by Crippen LogP contribution is -2.40. The highest BCUT2D eigenvalue weighted by Crippen LogP contribution is 2.21. The highest BCUT2D eigenvalue weighted by Gasteiger charge is 2.20. The van der Waals surface area contributed by atoms with Gasteiger partial charge in [0.25, 0.3) is 0 Å². The second-order valence-electron chi connectivity index (χ2n) is 6.68. The monoisotopic (exact) mass is 274 g/mol. The highest BCUT2D eigenvalue weighted by molar-refractivity contribution is 5.33. The van der Waals surface area contributed by atoms with Crippen LogP contribution in [0.3, 0.4) is 0 Å². The van der Waals surface area contributed by atoms with Gasteiger partial charge in [-0.3, -0.25) is 4.90 Å². The Kier molecular flexibility index (Phi) is 5.62. The molecule has 0 aromatic heterocycles. The maximum Gasteiger partial charge on any atom is 0.0239 e. The topological polar surface area (TPSA) is 15.3 Å². The van der Waals surface area contributed by atoms with Crippen LogP contribution >= 0.6 is 0 Å². The summed E-state index contributed by atoms with van der Waals surface area (Å²) in [6.45, 7) is 13.7. The number of nitrogens with zero attached hydrogens (tertiary/aromatic N) is 1. The average molecular weight is 274 g/mol. The lowest BCUT2D eigenvalue weighted by Gasteiger charge is -2.34. The summed E-state index contributed by atoms with van der Waals surface area (Å²) in [5.41, 5.74) is 4.41. The standard InChI is InChI=1S/C18H30N2/c1-14(2)19-11-17-9-6-10-20(12-17)13-18-15(3)7-5-8-16(18)4/h5,7-8,14,17,19H,6,9-13H2,1-4H3. The first-order valence-electron chi connectivity index (χ1n) is 8.07. The molecule has 1 N–H and O–H groups in total. The van der Waals surface area contributed by atoms with Gasteiger partial charge in [-0.15, -0.1) is 0 Å². The lowest BCUT2D eigenvalue weighted by atomic mass is 9.96. The van der Waals surface area contributed by atoms with Gasteiger partial charge in [0.1, 0.15) is 0 Å². The number of benzene rings is 1. The van der Waals surface area contributed by atoms with E-state index in [4.69, 9.17) is 0 Å². The molecule has 1 aromatic carbocycles. The van der Waals surface area contributed by atoms with Crippen LogP contribution in [-0.2, 0) is 6.54 Å². The number of aryl methyl sites for hydroxylation is 2. The number of nitrogens with one attached hydrogen (secondary N) is 1. The summed E-state index contributed by atoms with van der Waals surface area (Å²) in [5.74, 6) is 0.815. The van der Waals surface area contributed by atoms with Crippen LogP contribution in [0.4, 0.5) is 0 Å². The number of hydrogen-bond acceptors (Lipinski definition) is 2. The van der Waals surface area contributed by atoms with Crippen LogP contribution in [0, 0.1) is 19.8 Å². The Bertz CT molecular complexity index is 405. The quantitative estimate of drug-likeness (QED) is 0.884. The fourth-order valence-corrected chi connectivity index (χ4v) is 3.19. The van der Waals surface area contributed by atoms with Crippen LogP contribution in [0.1, 0.15) is 43.4 Å². The minimum Gasteiger partial charge on any atom is -0.314 e. The van der Waals surface area contributed by atoms with Gasteiger partial charge in [0.05, 0.1) is 0 Å². The first-order valence-corrected chi connectivity index (χ1v) is 8.07. The van der Waals surface area contributed by atoms with Crippen LogP contribution in [0.25, 0.3) is 0 Å². The molecule has 1 aromatic rings. The first-order chi connectivity index (χ1) is 9.56. The number of piperidine rings is 1.